The number of methoxy groups -OCH3 is 1. The summed E-state index contributed by atoms with van der Waals surface area (Å²) >= 11 is 0. The number of amides is 2. The molecule has 0 saturated heterocycles. The van der Waals surface area contributed by atoms with Crippen LogP contribution in [0.15, 0.2) is 77.7 Å². The van der Waals surface area contributed by atoms with Crippen molar-refractivity contribution in [3.8, 4) is 5.75 Å². The number of hydrogen-bond acceptors (Lipinski definition) is 5. The first-order chi connectivity index (χ1) is 18.9. The zero-order valence-electron chi connectivity index (χ0n) is 23.4. The number of nitrogens with zero attached hydrogens (tertiary/aromatic N) is 2. The minimum absolute atomic E-state index is 0.0153. The van der Waals surface area contributed by atoms with Gasteiger partial charge in [-0.15, -0.1) is 0 Å². The summed E-state index contributed by atoms with van der Waals surface area (Å²) in [5.74, 6) is -0.800. The van der Waals surface area contributed by atoms with Crippen LogP contribution in [-0.4, -0.2) is 51.4 Å². The second-order valence-corrected chi connectivity index (χ2v) is 11.9. The van der Waals surface area contributed by atoms with E-state index in [1.54, 1.807) is 37.3 Å². The van der Waals surface area contributed by atoms with Gasteiger partial charge >= 0.3 is 0 Å². The number of carbonyl (C=O) groups is 2. The average molecular weight is 570 g/mol. The van der Waals surface area contributed by atoms with Gasteiger partial charge in [0.05, 0.1) is 17.7 Å². The highest BCUT2D eigenvalue weighted by Gasteiger charge is 2.32. The third-order valence-corrected chi connectivity index (χ3v) is 8.14. The molecule has 0 heterocycles. The van der Waals surface area contributed by atoms with E-state index in [9.17, 15) is 22.4 Å². The Balaban J connectivity index is 2.02. The van der Waals surface area contributed by atoms with E-state index in [2.05, 4.69) is 5.32 Å². The molecule has 0 saturated carbocycles. The minimum atomic E-state index is -4.19. The maximum Gasteiger partial charge on any atom is 0.264 e. The Morgan fingerprint density at radius 2 is 1.62 bits per heavy atom. The highest BCUT2D eigenvalue weighted by Crippen LogP contribution is 2.28. The summed E-state index contributed by atoms with van der Waals surface area (Å²) in [7, 11) is -2.73. The van der Waals surface area contributed by atoms with Gasteiger partial charge in [-0.1, -0.05) is 49.7 Å². The number of sulfonamides is 1. The van der Waals surface area contributed by atoms with Crippen LogP contribution in [0.4, 0.5) is 10.1 Å². The fourth-order valence-electron chi connectivity index (χ4n) is 3.95. The maximum absolute atomic E-state index is 13.9. The smallest absolute Gasteiger partial charge is 0.264 e. The molecule has 1 N–H and O–H groups in total. The van der Waals surface area contributed by atoms with Crippen LogP contribution in [0, 0.1) is 18.7 Å². The Morgan fingerprint density at radius 3 is 2.23 bits per heavy atom. The van der Waals surface area contributed by atoms with Gasteiger partial charge in [-0.25, -0.2) is 12.8 Å². The molecule has 214 valence electrons. The molecule has 0 aliphatic rings. The predicted molar refractivity (Wildman–Crippen MR) is 153 cm³/mol. The van der Waals surface area contributed by atoms with Gasteiger partial charge in [0.2, 0.25) is 11.8 Å². The number of benzene rings is 3. The molecule has 10 heteroatoms. The van der Waals surface area contributed by atoms with Crippen molar-refractivity contribution in [1.82, 2.24) is 10.2 Å². The third kappa shape index (κ3) is 7.81. The SMILES string of the molecule is COc1cccc(N(CC(=O)N(Cc2ccc(F)cc2)[C@H](C)C(=O)NCC(C)C)S(=O)(=O)c2ccc(C)cc2)c1. The van der Waals surface area contributed by atoms with Crippen molar-refractivity contribution in [2.24, 2.45) is 5.92 Å². The van der Waals surface area contributed by atoms with E-state index in [4.69, 9.17) is 4.74 Å². The highest BCUT2D eigenvalue weighted by molar-refractivity contribution is 7.92. The molecule has 3 aromatic rings. The van der Waals surface area contributed by atoms with Crippen molar-refractivity contribution in [1.29, 1.82) is 0 Å². The van der Waals surface area contributed by atoms with E-state index in [1.165, 1.54) is 54.5 Å². The molecule has 8 nitrogen and oxygen atoms in total. The van der Waals surface area contributed by atoms with Crippen LogP contribution in [-0.2, 0) is 26.2 Å². The Morgan fingerprint density at radius 1 is 0.975 bits per heavy atom. The van der Waals surface area contributed by atoms with Crippen molar-refractivity contribution >= 4 is 27.5 Å². The Hall–Kier alpha value is -3.92. The number of nitrogens with one attached hydrogen (secondary N) is 1. The van der Waals surface area contributed by atoms with E-state index < -0.39 is 34.3 Å². The zero-order chi connectivity index (χ0) is 29.4. The maximum atomic E-state index is 13.9. The molecule has 0 unspecified atom stereocenters. The quantitative estimate of drug-likeness (QED) is 0.346. The number of aryl methyl sites for hydroxylation is 1. The van der Waals surface area contributed by atoms with Gasteiger partial charge in [0.15, 0.2) is 0 Å². The lowest BCUT2D eigenvalue weighted by Gasteiger charge is -2.32. The molecule has 0 fully saturated rings. The second-order valence-electron chi connectivity index (χ2n) is 9.99. The first kappa shape index (κ1) is 30.6. The topological polar surface area (TPSA) is 96.0 Å². The Labute approximate surface area is 235 Å². The van der Waals surface area contributed by atoms with E-state index in [0.29, 0.717) is 17.9 Å². The van der Waals surface area contributed by atoms with Crippen LogP contribution in [0.5, 0.6) is 5.75 Å². The van der Waals surface area contributed by atoms with Crippen LogP contribution in [0.25, 0.3) is 0 Å². The predicted octanol–water partition coefficient (Wildman–Crippen LogP) is 4.53. The van der Waals surface area contributed by atoms with E-state index in [-0.39, 0.29) is 29.0 Å². The van der Waals surface area contributed by atoms with Crippen molar-refractivity contribution in [2.75, 3.05) is 24.5 Å². The number of anilines is 1. The molecule has 40 heavy (non-hydrogen) atoms. The Bertz CT molecular complexity index is 1410. The molecule has 0 bridgehead atoms. The first-order valence-corrected chi connectivity index (χ1v) is 14.4. The molecular formula is C30H36FN3O5S. The zero-order valence-corrected chi connectivity index (χ0v) is 24.2. The van der Waals surface area contributed by atoms with Gasteiger partial charge < -0.3 is 15.0 Å². The van der Waals surface area contributed by atoms with Crippen LogP contribution in [0.3, 0.4) is 0 Å². The molecule has 0 spiro atoms. The van der Waals surface area contributed by atoms with Crippen LogP contribution in [0.1, 0.15) is 31.9 Å². The highest BCUT2D eigenvalue weighted by atomic mass is 32.2. The molecule has 0 radical (unpaired) electrons. The van der Waals surface area contributed by atoms with E-state index >= 15 is 0 Å². The van der Waals surface area contributed by atoms with Gasteiger partial charge in [0.25, 0.3) is 10.0 Å². The van der Waals surface area contributed by atoms with Gasteiger partial charge in [-0.3, -0.25) is 13.9 Å². The molecule has 3 aromatic carbocycles. The van der Waals surface area contributed by atoms with E-state index in [0.717, 1.165) is 9.87 Å². The Kier molecular flexibility index (Phi) is 10.3. The van der Waals surface area contributed by atoms with Gasteiger partial charge in [-0.2, -0.15) is 0 Å². The average Bonchev–Trinajstić information content (AvgIpc) is 2.93. The molecule has 0 aliphatic carbocycles. The summed E-state index contributed by atoms with van der Waals surface area (Å²) < 4.78 is 47.6. The molecule has 2 amide bonds. The summed E-state index contributed by atoms with van der Waals surface area (Å²) in [6.07, 6.45) is 0. The summed E-state index contributed by atoms with van der Waals surface area (Å²) in [5, 5.41) is 2.83. The number of hydrogen-bond donors (Lipinski definition) is 1. The van der Waals surface area contributed by atoms with Gasteiger partial charge in [0.1, 0.15) is 24.2 Å². The van der Waals surface area contributed by atoms with Crippen LogP contribution < -0.4 is 14.4 Å². The third-order valence-electron chi connectivity index (χ3n) is 6.35. The first-order valence-electron chi connectivity index (χ1n) is 13.0. The summed E-state index contributed by atoms with van der Waals surface area (Å²) in [5.41, 5.74) is 1.70. The number of halogens is 1. The summed E-state index contributed by atoms with van der Waals surface area (Å²) in [6, 6.07) is 17.4. The van der Waals surface area contributed by atoms with Crippen molar-refractivity contribution in [3.05, 3.63) is 89.7 Å². The lowest BCUT2D eigenvalue weighted by Crippen LogP contribution is -2.51. The normalized spacial score (nSPS) is 12.1. The summed E-state index contributed by atoms with van der Waals surface area (Å²) in [4.78, 5) is 28.2. The second kappa shape index (κ2) is 13.4. The standard InChI is InChI=1S/C30H36FN3O5S/c1-21(2)18-32-30(36)23(4)33(19-24-11-13-25(31)14-12-24)29(35)20-34(26-7-6-8-27(17-26)39-5)40(37,38)28-15-9-22(3)10-16-28/h6-17,21,23H,18-20H2,1-5H3,(H,32,36)/t23-/m1/s1. The fraction of sp³-hybridized carbons (Fsp3) is 0.333. The number of rotatable bonds is 12. The molecule has 3 rings (SSSR count). The lowest BCUT2D eigenvalue weighted by atomic mass is 10.1. The van der Waals surface area contributed by atoms with Gasteiger partial charge in [0, 0.05) is 19.2 Å². The van der Waals surface area contributed by atoms with Crippen LogP contribution >= 0.6 is 0 Å². The number of carbonyl (C=O) groups excluding carboxylic acids is 2. The monoisotopic (exact) mass is 569 g/mol. The lowest BCUT2D eigenvalue weighted by molar-refractivity contribution is -0.139. The fourth-order valence-corrected chi connectivity index (χ4v) is 5.36. The van der Waals surface area contributed by atoms with Crippen molar-refractivity contribution in [3.63, 3.8) is 0 Å². The number of ether oxygens (including phenoxy) is 1. The van der Waals surface area contributed by atoms with Gasteiger partial charge in [-0.05, 0) is 61.7 Å². The van der Waals surface area contributed by atoms with Crippen LogP contribution in [0.2, 0.25) is 0 Å². The van der Waals surface area contributed by atoms with E-state index in [1.807, 2.05) is 20.8 Å². The largest absolute Gasteiger partial charge is 0.497 e. The van der Waals surface area contributed by atoms with Crippen molar-refractivity contribution < 1.29 is 27.1 Å². The molecule has 1 atom stereocenters. The molecular weight excluding hydrogens is 533 g/mol. The molecule has 0 aliphatic heterocycles. The molecule has 0 aromatic heterocycles. The summed E-state index contributed by atoms with van der Waals surface area (Å²) in [6.45, 7) is 7.15. The minimum Gasteiger partial charge on any atom is -0.497 e. The van der Waals surface area contributed by atoms with Crippen molar-refractivity contribution in [2.45, 2.75) is 45.2 Å².